The number of nitrogens with zero attached hydrogens (tertiary/aromatic N) is 2. The molecule has 0 radical (unpaired) electrons. The van der Waals surface area contributed by atoms with Crippen molar-refractivity contribution in [2.24, 2.45) is 4.99 Å². The number of ether oxygens (including phenoxy) is 3. The molecule has 0 spiro atoms. The van der Waals surface area contributed by atoms with Crippen molar-refractivity contribution in [1.29, 1.82) is 0 Å². The molecule has 0 saturated heterocycles. The highest BCUT2D eigenvalue weighted by atomic mass is 19.4. The number of hydrogen-bond donors (Lipinski definition) is 2. The summed E-state index contributed by atoms with van der Waals surface area (Å²) in [6, 6.07) is 6.44. The van der Waals surface area contributed by atoms with Gasteiger partial charge in [0.1, 0.15) is 18.1 Å². The van der Waals surface area contributed by atoms with Crippen LogP contribution in [0.15, 0.2) is 41.5 Å². The van der Waals surface area contributed by atoms with E-state index in [1.165, 1.54) is 26.3 Å². The zero-order valence-electron chi connectivity index (χ0n) is 16.7. The number of hydrogen-bond acceptors (Lipinski definition) is 5. The summed E-state index contributed by atoms with van der Waals surface area (Å²) in [5, 5.41) is 5.86. The Morgan fingerprint density at radius 2 is 1.94 bits per heavy atom. The lowest BCUT2D eigenvalue weighted by atomic mass is 10.2. The first kappa shape index (κ1) is 24.0. The minimum absolute atomic E-state index is 0.00420. The molecule has 0 amide bonds. The van der Waals surface area contributed by atoms with Gasteiger partial charge in [0, 0.05) is 31.4 Å². The number of guanidine groups is 1. The van der Waals surface area contributed by atoms with Gasteiger partial charge in [0.15, 0.2) is 5.96 Å². The predicted octanol–water partition coefficient (Wildman–Crippen LogP) is 3.45. The Kier molecular flexibility index (Phi) is 8.64. The minimum Gasteiger partial charge on any atom is -0.497 e. The fourth-order valence-corrected chi connectivity index (χ4v) is 2.39. The van der Waals surface area contributed by atoms with Gasteiger partial charge in [-0.2, -0.15) is 22.0 Å². The highest BCUT2D eigenvalue weighted by Crippen LogP contribution is 2.29. The van der Waals surface area contributed by atoms with E-state index in [2.05, 4.69) is 25.3 Å². The topological polar surface area (TPSA) is 77.0 Å². The van der Waals surface area contributed by atoms with E-state index in [4.69, 9.17) is 9.47 Å². The first-order valence-corrected chi connectivity index (χ1v) is 8.95. The Bertz CT molecular complexity index is 861. The van der Waals surface area contributed by atoms with Crippen LogP contribution in [0.5, 0.6) is 17.4 Å². The van der Waals surface area contributed by atoms with Crippen molar-refractivity contribution in [2.45, 2.75) is 19.3 Å². The van der Waals surface area contributed by atoms with Crippen LogP contribution in [0.25, 0.3) is 0 Å². The molecule has 1 aromatic heterocycles. The van der Waals surface area contributed by atoms with Gasteiger partial charge in [-0.1, -0.05) is 0 Å². The Balaban J connectivity index is 1.84. The summed E-state index contributed by atoms with van der Waals surface area (Å²) >= 11 is 0. The van der Waals surface area contributed by atoms with E-state index in [1.54, 1.807) is 6.07 Å². The molecule has 0 aliphatic heterocycles. The number of pyridine rings is 1. The van der Waals surface area contributed by atoms with Gasteiger partial charge < -0.3 is 24.8 Å². The maximum absolute atomic E-state index is 12.6. The zero-order valence-corrected chi connectivity index (χ0v) is 16.7. The number of benzene rings is 1. The molecular formula is C19H21F5N4O3. The predicted molar refractivity (Wildman–Crippen MR) is 103 cm³/mol. The molecule has 31 heavy (non-hydrogen) atoms. The Morgan fingerprint density at radius 1 is 1.16 bits per heavy atom. The Morgan fingerprint density at radius 3 is 2.52 bits per heavy atom. The van der Waals surface area contributed by atoms with Gasteiger partial charge in [0.25, 0.3) is 0 Å². The maximum Gasteiger partial charge on any atom is 0.417 e. The van der Waals surface area contributed by atoms with Crippen LogP contribution in [0.3, 0.4) is 0 Å². The SMILES string of the molecule is CN=C(NCCOc1ccc(C(F)(F)F)cn1)NCc1cc(OC)ccc1OC(F)F. The van der Waals surface area contributed by atoms with Crippen molar-refractivity contribution in [3.05, 3.63) is 47.7 Å². The van der Waals surface area contributed by atoms with Crippen molar-refractivity contribution >= 4 is 5.96 Å². The average molecular weight is 448 g/mol. The monoisotopic (exact) mass is 448 g/mol. The number of methoxy groups -OCH3 is 1. The average Bonchev–Trinajstić information content (AvgIpc) is 2.73. The molecule has 0 aliphatic carbocycles. The summed E-state index contributed by atoms with van der Waals surface area (Å²) in [5.41, 5.74) is -0.442. The summed E-state index contributed by atoms with van der Waals surface area (Å²) in [4.78, 5) is 7.60. The third kappa shape index (κ3) is 7.79. The largest absolute Gasteiger partial charge is 0.497 e. The molecule has 12 heteroatoms. The molecule has 1 heterocycles. The normalized spacial score (nSPS) is 11.9. The van der Waals surface area contributed by atoms with Crippen molar-refractivity contribution in [3.63, 3.8) is 0 Å². The number of alkyl halides is 5. The summed E-state index contributed by atoms with van der Waals surface area (Å²) in [5.74, 6) is 0.854. The second-order valence-corrected chi connectivity index (χ2v) is 5.94. The molecule has 2 rings (SSSR count). The van der Waals surface area contributed by atoms with Crippen LogP contribution < -0.4 is 24.8 Å². The van der Waals surface area contributed by atoms with Crippen LogP contribution in [0.4, 0.5) is 22.0 Å². The first-order chi connectivity index (χ1) is 14.7. The van der Waals surface area contributed by atoms with Crippen LogP contribution in [-0.2, 0) is 12.7 Å². The summed E-state index contributed by atoms with van der Waals surface area (Å²) < 4.78 is 77.6. The lowest BCUT2D eigenvalue weighted by Crippen LogP contribution is -2.39. The van der Waals surface area contributed by atoms with Gasteiger partial charge in [0.2, 0.25) is 5.88 Å². The fraction of sp³-hybridized carbons (Fsp3) is 0.368. The fourth-order valence-electron chi connectivity index (χ4n) is 2.39. The van der Waals surface area contributed by atoms with Gasteiger partial charge in [-0.05, 0) is 24.3 Å². The van der Waals surface area contributed by atoms with Crippen molar-refractivity contribution in [2.75, 3.05) is 27.3 Å². The molecule has 1 aromatic carbocycles. The second-order valence-electron chi connectivity index (χ2n) is 5.94. The van der Waals surface area contributed by atoms with E-state index in [1.807, 2.05) is 0 Å². The highest BCUT2D eigenvalue weighted by molar-refractivity contribution is 5.79. The third-order valence-electron chi connectivity index (χ3n) is 3.86. The number of aliphatic imine (C=N–C) groups is 1. The number of halogens is 5. The van der Waals surface area contributed by atoms with Crippen molar-refractivity contribution in [3.8, 4) is 17.4 Å². The minimum atomic E-state index is -4.46. The molecule has 0 fully saturated rings. The van der Waals surface area contributed by atoms with E-state index >= 15 is 0 Å². The van der Waals surface area contributed by atoms with Crippen LogP contribution in [0, 0.1) is 0 Å². The van der Waals surface area contributed by atoms with Gasteiger partial charge >= 0.3 is 12.8 Å². The second kappa shape index (κ2) is 11.2. The summed E-state index contributed by atoms with van der Waals surface area (Å²) in [7, 11) is 2.96. The molecule has 0 bridgehead atoms. The Hall–Kier alpha value is -3.31. The van der Waals surface area contributed by atoms with E-state index < -0.39 is 18.4 Å². The number of nitrogens with one attached hydrogen (secondary N) is 2. The van der Waals surface area contributed by atoms with Crippen LogP contribution in [0.1, 0.15) is 11.1 Å². The van der Waals surface area contributed by atoms with E-state index in [-0.39, 0.29) is 31.3 Å². The van der Waals surface area contributed by atoms with Gasteiger partial charge in [-0.15, -0.1) is 0 Å². The maximum atomic E-state index is 12.6. The standard InChI is InChI=1S/C19H21F5N4O3/c1-25-18(26-7-8-30-16-6-3-13(11-27-16)19(22,23)24)28-10-12-9-14(29-2)4-5-15(12)31-17(20)21/h3-6,9,11,17H,7-8,10H2,1-2H3,(H2,25,26,28). The molecule has 0 saturated carbocycles. The van der Waals surface area contributed by atoms with Crippen LogP contribution in [-0.4, -0.2) is 44.9 Å². The lowest BCUT2D eigenvalue weighted by Gasteiger charge is -2.15. The van der Waals surface area contributed by atoms with Crippen molar-refractivity contribution < 1.29 is 36.2 Å². The molecule has 0 atom stereocenters. The van der Waals surface area contributed by atoms with Gasteiger partial charge in [-0.25, -0.2) is 4.98 Å². The Labute approximate surface area is 175 Å². The molecule has 2 aromatic rings. The van der Waals surface area contributed by atoms with Gasteiger partial charge in [0.05, 0.1) is 19.2 Å². The van der Waals surface area contributed by atoms with Gasteiger partial charge in [-0.3, -0.25) is 4.99 Å². The van der Waals surface area contributed by atoms with E-state index in [9.17, 15) is 22.0 Å². The van der Waals surface area contributed by atoms with E-state index in [0.717, 1.165) is 12.1 Å². The van der Waals surface area contributed by atoms with E-state index in [0.29, 0.717) is 23.5 Å². The highest BCUT2D eigenvalue weighted by Gasteiger charge is 2.30. The molecule has 0 aliphatic rings. The lowest BCUT2D eigenvalue weighted by molar-refractivity contribution is -0.137. The van der Waals surface area contributed by atoms with Crippen LogP contribution >= 0.6 is 0 Å². The zero-order chi connectivity index (χ0) is 22.9. The van der Waals surface area contributed by atoms with Crippen molar-refractivity contribution in [1.82, 2.24) is 15.6 Å². The molecular weight excluding hydrogens is 427 g/mol. The first-order valence-electron chi connectivity index (χ1n) is 8.95. The smallest absolute Gasteiger partial charge is 0.417 e. The summed E-state index contributed by atoms with van der Waals surface area (Å²) in [6.45, 7) is -2.51. The quantitative estimate of drug-likeness (QED) is 0.265. The third-order valence-corrected chi connectivity index (χ3v) is 3.86. The molecule has 7 nitrogen and oxygen atoms in total. The molecule has 2 N–H and O–H groups in total. The molecule has 170 valence electrons. The number of aromatic nitrogens is 1. The number of rotatable bonds is 9. The van der Waals surface area contributed by atoms with Crippen LogP contribution in [0.2, 0.25) is 0 Å². The summed E-state index contributed by atoms with van der Waals surface area (Å²) in [6.07, 6.45) is -3.77. The molecule has 0 unspecified atom stereocenters.